The monoisotopic (exact) mass is 292 g/mol. The molecular weight excluding hydrogens is 283 g/mol. The Balaban J connectivity index is 2.03. The standard InChI is InChI=1S/C16H9FN4O/c17-11-4-2-6-13-15(11)20-14-10(3-1-5-12(14)19-13)16(22)21-8-7-18-9-21/h1-9H. The molecular formula is C16H9FN4O. The van der Waals surface area contributed by atoms with Crippen molar-refractivity contribution in [3.63, 3.8) is 0 Å². The van der Waals surface area contributed by atoms with Gasteiger partial charge in [0.2, 0.25) is 0 Å². The zero-order valence-corrected chi connectivity index (χ0v) is 11.3. The molecule has 0 atom stereocenters. The summed E-state index contributed by atoms with van der Waals surface area (Å²) in [6, 6.07) is 9.72. The van der Waals surface area contributed by atoms with E-state index in [0.717, 1.165) is 0 Å². The summed E-state index contributed by atoms with van der Waals surface area (Å²) in [6.07, 6.45) is 4.48. The molecule has 0 N–H and O–H groups in total. The van der Waals surface area contributed by atoms with Crippen molar-refractivity contribution in [3.05, 3.63) is 66.5 Å². The maximum absolute atomic E-state index is 13.9. The molecule has 0 saturated carbocycles. The van der Waals surface area contributed by atoms with Crippen molar-refractivity contribution in [2.45, 2.75) is 0 Å². The highest BCUT2D eigenvalue weighted by Crippen LogP contribution is 2.21. The molecule has 6 heteroatoms. The Morgan fingerprint density at radius 3 is 2.55 bits per heavy atom. The first kappa shape index (κ1) is 12.6. The van der Waals surface area contributed by atoms with Gasteiger partial charge in [-0.1, -0.05) is 12.1 Å². The summed E-state index contributed by atoms with van der Waals surface area (Å²) in [5.74, 6) is -0.745. The zero-order chi connectivity index (χ0) is 15.1. The molecule has 0 aliphatic carbocycles. The molecule has 0 aliphatic heterocycles. The smallest absolute Gasteiger partial charge is 0.265 e. The van der Waals surface area contributed by atoms with Crippen molar-refractivity contribution in [1.82, 2.24) is 19.5 Å². The Kier molecular flexibility index (Phi) is 2.69. The lowest BCUT2D eigenvalue weighted by molar-refractivity contribution is 0.0961. The summed E-state index contributed by atoms with van der Waals surface area (Å²) < 4.78 is 15.3. The topological polar surface area (TPSA) is 60.7 Å². The highest BCUT2D eigenvalue weighted by atomic mass is 19.1. The van der Waals surface area contributed by atoms with Crippen molar-refractivity contribution < 1.29 is 9.18 Å². The van der Waals surface area contributed by atoms with Crippen LogP contribution in [0.1, 0.15) is 10.4 Å². The predicted octanol–water partition coefficient (Wildman–Crippen LogP) is 2.81. The Labute approximate surface area is 124 Å². The largest absolute Gasteiger partial charge is 0.272 e. The van der Waals surface area contributed by atoms with Crippen LogP contribution in [-0.4, -0.2) is 25.4 Å². The summed E-state index contributed by atoms with van der Waals surface area (Å²) in [5, 5.41) is 0. The molecule has 106 valence electrons. The van der Waals surface area contributed by atoms with Crippen molar-refractivity contribution >= 4 is 28.0 Å². The average Bonchev–Trinajstić information content (AvgIpc) is 3.07. The van der Waals surface area contributed by atoms with Crippen LogP contribution < -0.4 is 0 Å². The van der Waals surface area contributed by atoms with Crippen LogP contribution in [0.2, 0.25) is 0 Å². The Hall–Kier alpha value is -3.15. The second-order valence-corrected chi connectivity index (χ2v) is 4.78. The number of hydrogen-bond donors (Lipinski definition) is 0. The second kappa shape index (κ2) is 4.70. The average molecular weight is 292 g/mol. The molecule has 0 aliphatic rings. The molecule has 0 spiro atoms. The lowest BCUT2D eigenvalue weighted by atomic mass is 10.1. The Morgan fingerprint density at radius 1 is 1.00 bits per heavy atom. The molecule has 0 bridgehead atoms. The van der Waals surface area contributed by atoms with E-state index in [9.17, 15) is 9.18 Å². The van der Waals surface area contributed by atoms with Gasteiger partial charge in [-0.25, -0.2) is 19.3 Å². The first-order chi connectivity index (χ1) is 10.7. The highest BCUT2D eigenvalue weighted by Gasteiger charge is 2.15. The number of hydrogen-bond acceptors (Lipinski definition) is 4. The van der Waals surface area contributed by atoms with Crippen molar-refractivity contribution in [2.24, 2.45) is 0 Å². The molecule has 0 saturated heterocycles. The van der Waals surface area contributed by atoms with Crippen LogP contribution in [-0.2, 0) is 0 Å². The van der Waals surface area contributed by atoms with Gasteiger partial charge in [0.05, 0.1) is 16.6 Å². The first-order valence-electron chi connectivity index (χ1n) is 6.62. The van der Waals surface area contributed by atoms with E-state index in [1.807, 2.05) is 0 Å². The molecule has 4 rings (SSSR count). The number of carbonyl (C=O) groups is 1. The number of halogens is 1. The first-order valence-corrected chi connectivity index (χ1v) is 6.62. The van der Waals surface area contributed by atoms with Crippen LogP contribution in [0.25, 0.3) is 22.1 Å². The van der Waals surface area contributed by atoms with E-state index in [4.69, 9.17) is 0 Å². The molecule has 2 heterocycles. The minimum absolute atomic E-state index is 0.154. The number of para-hydroxylation sites is 2. The van der Waals surface area contributed by atoms with E-state index in [-0.39, 0.29) is 11.4 Å². The highest BCUT2D eigenvalue weighted by molar-refractivity contribution is 6.06. The third-order valence-corrected chi connectivity index (χ3v) is 3.41. The summed E-state index contributed by atoms with van der Waals surface area (Å²) in [6.45, 7) is 0. The lowest BCUT2D eigenvalue weighted by Crippen LogP contribution is -2.11. The van der Waals surface area contributed by atoms with Crippen LogP contribution in [0.3, 0.4) is 0 Å². The van der Waals surface area contributed by atoms with Gasteiger partial charge in [0.1, 0.15) is 17.4 Å². The van der Waals surface area contributed by atoms with Gasteiger partial charge in [-0.15, -0.1) is 0 Å². The number of carbonyl (C=O) groups excluding carboxylic acids is 1. The zero-order valence-electron chi connectivity index (χ0n) is 11.3. The second-order valence-electron chi connectivity index (χ2n) is 4.78. The number of benzene rings is 2. The molecule has 2 aromatic heterocycles. The summed E-state index contributed by atoms with van der Waals surface area (Å²) in [7, 11) is 0. The van der Waals surface area contributed by atoms with Gasteiger partial charge >= 0.3 is 0 Å². The molecule has 2 aromatic carbocycles. The van der Waals surface area contributed by atoms with Gasteiger partial charge in [-0.2, -0.15) is 0 Å². The molecule has 4 aromatic rings. The summed E-state index contributed by atoms with van der Waals surface area (Å²) in [4.78, 5) is 25.1. The molecule has 0 amide bonds. The Morgan fingerprint density at radius 2 is 1.77 bits per heavy atom. The Bertz CT molecular complexity index is 1010. The molecule has 0 unspecified atom stereocenters. The van der Waals surface area contributed by atoms with Gasteiger partial charge < -0.3 is 0 Å². The number of fused-ring (bicyclic) bond motifs is 2. The van der Waals surface area contributed by atoms with Crippen LogP contribution in [0, 0.1) is 5.82 Å². The third kappa shape index (κ3) is 1.85. The van der Waals surface area contributed by atoms with E-state index in [1.165, 1.54) is 23.2 Å². The molecule has 0 fully saturated rings. The fourth-order valence-electron chi connectivity index (χ4n) is 2.38. The maximum atomic E-state index is 13.9. The maximum Gasteiger partial charge on any atom is 0.265 e. The van der Waals surface area contributed by atoms with Crippen molar-refractivity contribution in [2.75, 3.05) is 0 Å². The summed E-state index contributed by atoms with van der Waals surface area (Å²) >= 11 is 0. The van der Waals surface area contributed by atoms with Gasteiger partial charge in [-0.3, -0.25) is 9.36 Å². The number of nitrogens with zero attached hydrogens (tertiary/aromatic N) is 4. The van der Waals surface area contributed by atoms with E-state index >= 15 is 0 Å². The van der Waals surface area contributed by atoms with Gasteiger partial charge in [0.15, 0.2) is 5.82 Å². The predicted molar refractivity (Wildman–Crippen MR) is 79.0 cm³/mol. The number of aromatic nitrogens is 4. The lowest BCUT2D eigenvalue weighted by Gasteiger charge is -2.06. The van der Waals surface area contributed by atoms with Gasteiger partial charge in [-0.05, 0) is 24.3 Å². The van der Waals surface area contributed by atoms with Crippen molar-refractivity contribution in [1.29, 1.82) is 0 Å². The van der Waals surface area contributed by atoms with Crippen molar-refractivity contribution in [3.8, 4) is 0 Å². The SMILES string of the molecule is O=C(c1cccc2nc3cccc(F)c3nc12)n1ccnc1. The third-order valence-electron chi connectivity index (χ3n) is 3.41. The number of rotatable bonds is 1. The van der Waals surface area contributed by atoms with Gasteiger partial charge in [0, 0.05) is 12.4 Å². The number of imidazole rings is 1. The minimum atomic E-state index is -0.461. The van der Waals surface area contributed by atoms with E-state index in [0.29, 0.717) is 22.1 Å². The molecule has 5 nitrogen and oxygen atoms in total. The minimum Gasteiger partial charge on any atom is -0.272 e. The van der Waals surface area contributed by atoms with Gasteiger partial charge in [0.25, 0.3) is 5.91 Å². The fraction of sp³-hybridized carbons (Fsp3) is 0. The van der Waals surface area contributed by atoms with E-state index in [2.05, 4.69) is 15.0 Å². The molecule has 0 radical (unpaired) electrons. The quantitative estimate of drug-likeness (QED) is 0.506. The van der Waals surface area contributed by atoms with E-state index in [1.54, 1.807) is 36.5 Å². The van der Waals surface area contributed by atoms with Crippen LogP contribution >= 0.6 is 0 Å². The van der Waals surface area contributed by atoms with Crippen LogP contribution in [0.5, 0.6) is 0 Å². The van der Waals surface area contributed by atoms with E-state index < -0.39 is 5.82 Å². The summed E-state index contributed by atoms with van der Waals surface area (Å²) in [5.41, 5.74) is 1.89. The molecule has 22 heavy (non-hydrogen) atoms. The van der Waals surface area contributed by atoms with Crippen LogP contribution in [0.4, 0.5) is 4.39 Å². The fourth-order valence-corrected chi connectivity index (χ4v) is 2.38. The van der Waals surface area contributed by atoms with Crippen LogP contribution in [0.15, 0.2) is 55.1 Å². The normalized spacial score (nSPS) is 11.1.